The van der Waals surface area contributed by atoms with E-state index in [0.29, 0.717) is 24.5 Å². The van der Waals surface area contributed by atoms with Gasteiger partial charge in [-0.3, -0.25) is 4.79 Å². The van der Waals surface area contributed by atoms with Crippen LogP contribution in [0.2, 0.25) is 0 Å². The van der Waals surface area contributed by atoms with Crippen molar-refractivity contribution in [2.45, 2.75) is 64.6 Å². The average Bonchev–Trinajstić information content (AvgIpc) is 3.43. The normalized spacial score (nSPS) is 18.4. The molecule has 29 heavy (non-hydrogen) atoms. The minimum atomic E-state index is -0.105. The lowest BCUT2D eigenvalue weighted by molar-refractivity contribution is 0.0518. The maximum Gasteiger partial charge on any atom is 0.276 e. The molecule has 2 heterocycles. The predicted molar refractivity (Wildman–Crippen MR) is 109 cm³/mol. The van der Waals surface area contributed by atoms with Crippen molar-refractivity contribution in [2.24, 2.45) is 0 Å². The van der Waals surface area contributed by atoms with E-state index in [0.717, 1.165) is 44.5 Å². The zero-order valence-electron chi connectivity index (χ0n) is 17.2. The molecule has 0 unspecified atom stereocenters. The molecule has 1 atom stereocenters. The predicted octanol–water partition coefficient (Wildman–Crippen LogP) is 4.16. The summed E-state index contributed by atoms with van der Waals surface area (Å²) in [6.07, 6.45) is 7.87. The number of hydrogen-bond acceptors (Lipinski definition) is 5. The van der Waals surface area contributed by atoms with Crippen LogP contribution in [0.1, 0.15) is 66.4 Å². The highest BCUT2D eigenvalue weighted by molar-refractivity contribution is 5.92. The number of nitrogens with zero attached hydrogens (tertiary/aromatic N) is 2. The van der Waals surface area contributed by atoms with E-state index < -0.39 is 0 Å². The summed E-state index contributed by atoms with van der Waals surface area (Å²) in [5.74, 6) is 1.28. The highest BCUT2D eigenvalue weighted by Crippen LogP contribution is 2.26. The van der Waals surface area contributed by atoms with Crippen LogP contribution < -0.4 is 4.74 Å². The lowest BCUT2D eigenvalue weighted by Crippen LogP contribution is -2.38. The van der Waals surface area contributed by atoms with Gasteiger partial charge in [-0.2, -0.15) is 0 Å². The largest absolute Gasteiger partial charge is 0.486 e. The molecule has 1 aromatic heterocycles. The van der Waals surface area contributed by atoms with Gasteiger partial charge in [-0.05, 0) is 68.2 Å². The quantitative estimate of drug-likeness (QED) is 0.668. The first-order chi connectivity index (χ1) is 14.2. The van der Waals surface area contributed by atoms with Crippen molar-refractivity contribution in [3.63, 3.8) is 0 Å². The van der Waals surface area contributed by atoms with Gasteiger partial charge in [0, 0.05) is 25.8 Å². The third-order valence-corrected chi connectivity index (χ3v) is 5.71. The summed E-state index contributed by atoms with van der Waals surface area (Å²) in [7, 11) is 0. The third-order valence-electron chi connectivity index (χ3n) is 5.71. The van der Waals surface area contributed by atoms with Crippen molar-refractivity contribution in [3.05, 3.63) is 46.8 Å². The molecular formula is C23H30N2O4. The van der Waals surface area contributed by atoms with E-state index in [2.05, 4.69) is 24.2 Å². The topological polar surface area (TPSA) is 64.8 Å². The van der Waals surface area contributed by atoms with E-state index in [4.69, 9.17) is 14.0 Å². The van der Waals surface area contributed by atoms with Crippen molar-refractivity contribution in [1.82, 2.24) is 10.1 Å². The van der Waals surface area contributed by atoms with Gasteiger partial charge in [-0.15, -0.1) is 0 Å². The van der Waals surface area contributed by atoms with E-state index >= 15 is 0 Å². The van der Waals surface area contributed by atoms with Crippen molar-refractivity contribution >= 4 is 5.91 Å². The second kappa shape index (κ2) is 9.44. The van der Waals surface area contributed by atoms with Gasteiger partial charge >= 0.3 is 0 Å². The molecule has 4 rings (SSSR count). The molecule has 0 spiro atoms. The number of hydrogen-bond donors (Lipinski definition) is 0. The first-order valence-corrected chi connectivity index (χ1v) is 10.8. The third kappa shape index (κ3) is 4.99. The fourth-order valence-electron chi connectivity index (χ4n) is 4.18. The molecule has 0 N–H and O–H groups in total. The van der Waals surface area contributed by atoms with E-state index in [1.807, 2.05) is 11.0 Å². The van der Waals surface area contributed by atoms with Crippen molar-refractivity contribution in [2.75, 3.05) is 19.7 Å². The Morgan fingerprint density at radius 2 is 2.07 bits per heavy atom. The molecule has 1 aromatic carbocycles. The number of amides is 1. The van der Waals surface area contributed by atoms with Gasteiger partial charge in [0.25, 0.3) is 5.91 Å². The Balaban J connectivity index is 1.36. The number of benzene rings is 1. The van der Waals surface area contributed by atoms with Crippen LogP contribution in [-0.4, -0.2) is 41.8 Å². The molecule has 1 aliphatic carbocycles. The minimum absolute atomic E-state index is 0.105. The molecule has 156 valence electrons. The Morgan fingerprint density at radius 1 is 1.21 bits per heavy atom. The summed E-state index contributed by atoms with van der Waals surface area (Å²) in [4.78, 5) is 14.7. The van der Waals surface area contributed by atoms with Crippen LogP contribution in [0.5, 0.6) is 5.75 Å². The Kier molecular flexibility index (Phi) is 6.49. The zero-order chi connectivity index (χ0) is 20.1. The number of fused-ring (bicyclic) bond motifs is 1. The number of rotatable bonds is 8. The lowest BCUT2D eigenvalue weighted by atomic mass is 9.92. The van der Waals surface area contributed by atoms with E-state index in [9.17, 15) is 4.79 Å². The van der Waals surface area contributed by atoms with Crippen LogP contribution in [0.25, 0.3) is 0 Å². The van der Waals surface area contributed by atoms with Crippen molar-refractivity contribution in [1.29, 1.82) is 0 Å². The average molecular weight is 399 g/mol. The Labute approximate surface area is 172 Å². The smallest absolute Gasteiger partial charge is 0.276 e. The molecule has 0 bridgehead atoms. The SMILES string of the molecule is CCCN(C[C@H]1CCCO1)C(=O)c1cc(COc2ccc3c(c2)CCCC3)on1. The van der Waals surface area contributed by atoms with Crippen LogP contribution in [0.4, 0.5) is 0 Å². The van der Waals surface area contributed by atoms with Crippen molar-refractivity contribution in [3.8, 4) is 5.75 Å². The molecule has 6 nitrogen and oxygen atoms in total. The van der Waals surface area contributed by atoms with E-state index in [1.54, 1.807) is 6.07 Å². The number of aryl methyl sites for hydroxylation is 2. The Hall–Kier alpha value is -2.34. The van der Waals surface area contributed by atoms with Gasteiger partial charge in [0.2, 0.25) is 0 Å². The second-order valence-corrected chi connectivity index (χ2v) is 7.99. The highest BCUT2D eigenvalue weighted by Gasteiger charge is 2.25. The van der Waals surface area contributed by atoms with Crippen LogP contribution >= 0.6 is 0 Å². The summed E-state index contributed by atoms with van der Waals surface area (Å²) in [6.45, 7) is 4.41. The number of aromatic nitrogens is 1. The molecule has 1 fully saturated rings. The molecular weight excluding hydrogens is 368 g/mol. The van der Waals surface area contributed by atoms with Gasteiger partial charge in [0.05, 0.1) is 6.10 Å². The molecule has 2 aromatic rings. The Bertz CT molecular complexity index is 826. The van der Waals surface area contributed by atoms with Gasteiger partial charge in [0.15, 0.2) is 11.5 Å². The molecule has 6 heteroatoms. The van der Waals surface area contributed by atoms with Gasteiger partial charge in [-0.25, -0.2) is 0 Å². The molecule has 1 aliphatic heterocycles. The lowest BCUT2D eigenvalue weighted by Gasteiger charge is -2.24. The maximum atomic E-state index is 12.9. The fraction of sp³-hybridized carbons (Fsp3) is 0.565. The van der Waals surface area contributed by atoms with Crippen LogP contribution in [-0.2, 0) is 24.2 Å². The highest BCUT2D eigenvalue weighted by atomic mass is 16.5. The summed E-state index contributed by atoms with van der Waals surface area (Å²) in [5.41, 5.74) is 3.14. The minimum Gasteiger partial charge on any atom is -0.486 e. The second-order valence-electron chi connectivity index (χ2n) is 7.99. The van der Waals surface area contributed by atoms with E-state index in [1.165, 1.54) is 24.0 Å². The summed E-state index contributed by atoms with van der Waals surface area (Å²) < 4.78 is 16.9. The van der Waals surface area contributed by atoms with Gasteiger partial charge in [-0.1, -0.05) is 18.1 Å². The Morgan fingerprint density at radius 3 is 2.86 bits per heavy atom. The number of ether oxygens (including phenoxy) is 2. The van der Waals surface area contributed by atoms with Crippen molar-refractivity contribution < 1.29 is 18.8 Å². The molecule has 1 saturated heterocycles. The fourth-order valence-corrected chi connectivity index (χ4v) is 4.18. The first kappa shape index (κ1) is 20.0. The molecule has 1 amide bonds. The molecule has 0 radical (unpaired) electrons. The summed E-state index contributed by atoms with van der Waals surface area (Å²) in [5, 5.41) is 3.99. The number of carbonyl (C=O) groups excluding carboxylic acids is 1. The maximum absolute atomic E-state index is 12.9. The summed E-state index contributed by atoms with van der Waals surface area (Å²) >= 11 is 0. The summed E-state index contributed by atoms with van der Waals surface area (Å²) in [6, 6.07) is 7.99. The molecule has 2 aliphatic rings. The van der Waals surface area contributed by atoms with Crippen LogP contribution in [0.3, 0.4) is 0 Å². The van der Waals surface area contributed by atoms with Gasteiger partial charge in [0.1, 0.15) is 12.4 Å². The van der Waals surface area contributed by atoms with Crippen LogP contribution in [0, 0.1) is 0 Å². The molecule has 0 saturated carbocycles. The zero-order valence-corrected chi connectivity index (χ0v) is 17.2. The first-order valence-electron chi connectivity index (χ1n) is 10.8. The van der Waals surface area contributed by atoms with Crippen LogP contribution in [0.15, 0.2) is 28.8 Å². The monoisotopic (exact) mass is 398 g/mol. The van der Waals surface area contributed by atoms with Gasteiger partial charge < -0.3 is 18.9 Å². The standard InChI is InChI=1S/C23H30N2O4/c1-2-11-25(15-20-8-5-12-27-20)23(26)22-14-21(29-24-22)16-28-19-10-9-17-6-3-4-7-18(17)13-19/h9-10,13-14,20H,2-8,11-12,15-16H2,1H3/t20-/m1/s1. The van der Waals surface area contributed by atoms with E-state index in [-0.39, 0.29) is 18.6 Å². The number of carbonyl (C=O) groups is 1.